The zero-order chi connectivity index (χ0) is 26.9. The summed E-state index contributed by atoms with van der Waals surface area (Å²) in [6.45, 7) is 5.06. The number of nitrogens with zero attached hydrogens (tertiary/aromatic N) is 1. The minimum absolute atomic E-state index is 0.0130. The van der Waals surface area contributed by atoms with Crippen molar-refractivity contribution < 1.29 is 24.1 Å². The van der Waals surface area contributed by atoms with E-state index in [1.165, 1.54) is 0 Å². The Morgan fingerprint density at radius 1 is 0.795 bits per heavy atom. The second-order valence-corrected chi connectivity index (χ2v) is 10.0. The fraction of sp³-hybridized carbons (Fsp3) is 0.387. The Balaban J connectivity index is 1.20. The van der Waals surface area contributed by atoms with E-state index in [0.29, 0.717) is 13.1 Å². The van der Waals surface area contributed by atoms with Crippen molar-refractivity contribution in [3.05, 3.63) is 107 Å². The topological polar surface area (TPSA) is 92.3 Å². The van der Waals surface area contributed by atoms with Crippen LogP contribution in [0.3, 0.4) is 0 Å². The van der Waals surface area contributed by atoms with Crippen LogP contribution in [-0.4, -0.2) is 55.0 Å². The molecular formula is C31H37N3O5. The molecule has 3 aromatic carbocycles. The van der Waals surface area contributed by atoms with E-state index >= 15 is 0 Å². The van der Waals surface area contributed by atoms with Gasteiger partial charge in [-0.15, -0.1) is 0 Å². The Kier molecular flexibility index (Phi) is 9.58. The normalized spacial score (nSPS) is 21.8. The largest absolute Gasteiger partial charge is 0.392 e. The van der Waals surface area contributed by atoms with Crippen molar-refractivity contribution in [2.75, 3.05) is 32.8 Å². The second-order valence-electron chi connectivity index (χ2n) is 10.0. The number of aliphatic hydroxyl groups excluding tert-OH is 1. The van der Waals surface area contributed by atoms with Crippen molar-refractivity contribution in [1.29, 1.82) is 0 Å². The molecule has 39 heavy (non-hydrogen) atoms. The number of hydrogen-bond donors (Lipinski definition) is 3. The first-order valence-corrected chi connectivity index (χ1v) is 13.6. The molecule has 5 rings (SSSR count). The van der Waals surface area contributed by atoms with E-state index in [1.54, 1.807) is 0 Å². The number of rotatable bonds is 9. The van der Waals surface area contributed by atoms with Gasteiger partial charge in [-0.2, -0.15) is 0 Å². The Bertz CT molecular complexity index is 1170. The lowest BCUT2D eigenvalue weighted by atomic mass is 9.99. The SMILES string of the molecule is O=C(NCc1ccccc1)NCc1ccc([C@H]2O[C@@H](CN3CCOCC3)C[C@@H](c3ccc(CO)cc3)O2)cc1. The van der Waals surface area contributed by atoms with Gasteiger partial charge in [0, 0.05) is 44.7 Å². The summed E-state index contributed by atoms with van der Waals surface area (Å²) in [4.78, 5) is 14.6. The summed E-state index contributed by atoms with van der Waals surface area (Å²) < 4.78 is 18.4. The van der Waals surface area contributed by atoms with Gasteiger partial charge in [-0.1, -0.05) is 78.9 Å². The first kappa shape index (κ1) is 27.3. The molecule has 0 unspecified atom stereocenters. The Hall–Kier alpha value is -3.27. The lowest BCUT2D eigenvalue weighted by Crippen LogP contribution is -2.44. The highest BCUT2D eigenvalue weighted by Crippen LogP contribution is 2.38. The fourth-order valence-electron chi connectivity index (χ4n) is 4.92. The number of nitrogens with one attached hydrogen (secondary N) is 2. The van der Waals surface area contributed by atoms with Crippen LogP contribution in [0.15, 0.2) is 78.9 Å². The molecule has 206 valence electrons. The third-order valence-electron chi connectivity index (χ3n) is 7.18. The number of urea groups is 1. The molecule has 2 heterocycles. The first-order chi connectivity index (χ1) is 19.2. The molecule has 2 saturated heterocycles. The summed E-state index contributed by atoms with van der Waals surface area (Å²) in [5.41, 5.74) is 4.94. The Labute approximate surface area is 229 Å². The predicted molar refractivity (Wildman–Crippen MR) is 148 cm³/mol. The van der Waals surface area contributed by atoms with E-state index < -0.39 is 6.29 Å². The molecule has 8 nitrogen and oxygen atoms in total. The maximum Gasteiger partial charge on any atom is 0.315 e. The van der Waals surface area contributed by atoms with Gasteiger partial charge in [0.15, 0.2) is 6.29 Å². The standard InChI is InChI=1S/C31H37N3O5/c35-22-25-8-10-26(11-9-25)29-18-28(21-34-14-16-37-17-15-34)38-30(39-29)27-12-6-24(7-13-27)20-33-31(36)32-19-23-4-2-1-3-5-23/h1-13,28-30,35H,14-22H2,(H2,32,33,36)/t28-,29+,30+/m1/s1. The molecule has 3 atom stereocenters. The first-order valence-electron chi connectivity index (χ1n) is 13.6. The Morgan fingerprint density at radius 3 is 2.08 bits per heavy atom. The van der Waals surface area contributed by atoms with Crippen molar-refractivity contribution in [2.45, 2.75) is 44.6 Å². The van der Waals surface area contributed by atoms with Crippen molar-refractivity contribution in [1.82, 2.24) is 15.5 Å². The summed E-state index contributed by atoms with van der Waals surface area (Å²) in [5, 5.41) is 15.2. The summed E-state index contributed by atoms with van der Waals surface area (Å²) in [6.07, 6.45) is 0.159. The Morgan fingerprint density at radius 2 is 1.41 bits per heavy atom. The van der Waals surface area contributed by atoms with Gasteiger partial charge in [0.05, 0.1) is 32.0 Å². The highest BCUT2D eigenvalue weighted by molar-refractivity contribution is 5.73. The quantitative estimate of drug-likeness (QED) is 0.386. The van der Waals surface area contributed by atoms with Crippen LogP contribution in [0.2, 0.25) is 0 Å². The molecule has 8 heteroatoms. The van der Waals surface area contributed by atoms with Crippen molar-refractivity contribution in [2.24, 2.45) is 0 Å². The number of amides is 2. The maximum absolute atomic E-state index is 12.2. The summed E-state index contributed by atoms with van der Waals surface area (Å²) in [6, 6.07) is 25.6. The molecule has 0 spiro atoms. The zero-order valence-electron chi connectivity index (χ0n) is 22.1. The third-order valence-corrected chi connectivity index (χ3v) is 7.18. The minimum Gasteiger partial charge on any atom is -0.392 e. The van der Waals surface area contributed by atoms with Crippen molar-refractivity contribution in [3.8, 4) is 0 Å². The number of hydrogen-bond acceptors (Lipinski definition) is 6. The van der Waals surface area contributed by atoms with Gasteiger partial charge in [0.25, 0.3) is 0 Å². The van der Waals surface area contributed by atoms with Gasteiger partial charge < -0.3 is 30.0 Å². The molecule has 0 aromatic heterocycles. The molecule has 0 aliphatic carbocycles. The number of carbonyl (C=O) groups is 1. The molecule has 2 amide bonds. The average molecular weight is 532 g/mol. The van der Waals surface area contributed by atoms with E-state index in [-0.39, 0.29) is 24.8 Å². The van der Waals surface area contributed by atoms with Crippen LogP contribution in [-0.2, 0) is 33.9 Å². The molecule has 2 fully saturated rings. The number of benzene rings is 3. The van der Waals surface area contributed by atoms with Crippen LogP contribution >= 0.6 is 0 Å². The van der Waals surface area contributed by atoms with E-state index in [2.05, 4.69) is 15.5 Å². The minimum atomic E-state index is -0.497. The fourth-order valence-corrected chi connectivity index (χ4v) is 4.92. The highest BCUT2D eigenvalue weighted by Gasteiger charge is 2.33. The van der Waals surface area contributed by atoms with Crippen LogP contribution < -0.4 is 10.6 Å². The van der Waals surface area contributed by atoms with Crippen molar-refractivity contribution in [3.63, 3.8) is 0 Å². The molecular weight excluding hydrogens is 494 g/mol. The lowest BCUT2D eigenvalue weighted by molar-refractivity contribution is -0.253. The van der Waals surface area contributed by atoms with E-state index in [1.807, 2.05) is 78.9 Å². The molecule has 0 saturated carbocycles. The van der Waals surface area contributed by atoms with Crippen LogP contribution in [0, 0.1) is 0 Å². The molecule has 2 aliphatic rings. The third kappa shape index (κ3) is 7.88. The summed E-state index contributed by atoms with van der Waals surface area (Å²) >= 11 is 0. The van der Waals surface area contributed by atoms with Crippen LogP contribution in [0.25, 0.3) is 0 Å². The lowest BCUT2D eigenvalue weighted by Gasteiger charge is -2.39. The van der Waals surface area contributed by atoms with E-state index in [9.17, 15) is 9.90 Å². The number of morpholine rings is 1. The smallest absolute Gasteiger partial charge is 0.315 e. The predicted octanol–water partition coefficient (Wildman–Crippen LogP) is 4.06. The highest BCUT2D eigenvalue weighted by atomic mass is 16.7. The van der Waals surface area contributed by atoms with Crippen LogP contribution in [0.5, 0.6) is 0 Å². The van der Waals surface area contributed by atoms with Gasteiger partial charge in [0.2, 0.25) is 0 Å². The molecule has 0 radical (unpaired) electrons. The maximum atomic E-state index is 12.2. The van der Waals surface area contributed by atoms with Gasteiger partial charge in [-0.3, -0.25) is 4.90 Å². The van der Waals surface area contributed by atoms with Crippen molar-refractivity contribution >= 4 is 6.03 Å². The van der Waals surface area contributed by atoms with Gasteiger partial charge in [-0.25, -0.2) is 4.79 Å². The zero-order valence-corrected chi connectivity index (χ0v) is 22.1. The number of aliphatic hydroxyl groups is 1. The monoisotopic (exact) mass is 531 g/mol. The summed E-state index contributed by atoms with van der Waals surface area (Å²) in [7, 11) is 0. The summed E-state index contributed by atoms with van der Waals surface area (Å²) in [5.74, 6) is 0. The average Bonchev–Trinajstić information content (AvgIpc) is 3.00. The molecule has 2 aliphatic heterocycles. The van der Waals surface area contributed by atoms with Crippen LogP contribution in [0.1, 0.15) is 46.6 Å². The van der Waals surface area contributed by atoms with Crippen LogP contribution in [0.4, 0.5) is 4.79 Å². The van der Waals surface area contributed by atoms with E-state index in [4.69, 9.17) is 14.2 Å². The van der Waals surface area contributed by atoms with E-state index in [0.717, 1.165) is 67.1 Å². The van der Waals surface area contributed by atoms with Gasteiger partial charge in [-0.05, 0) is 22.3 Å². The number of ether oxygens (including phenoxy) is 3. The molecule has 3 aromatic rings. The molecule has 0 bridgehead atoms. The number of carbonyl (C=O) groups excluding carboxylic acids is 1. The molecule has 3 N–H and O–H groups in total. The van der Waals surface area contributed by atoms with Gasteiger partial charge in [0.1, 0.15) is 0 Å². The second kappa shape index (κ2) is 13.7. The van der Waals surface area contributed by atoms with Gasteiger partial charge >= 0.3 is 6.03 Å².